The van der Waals surface area contributed by atoms with Crippen LogP contribution in [0.1, 0.15) is 76.2 Å². The minimum absolute atomic E-state index is 0.0233. The molecule has 4 N–H and O–H groups in total. The van der Waals surface area contributed by atoms with Gasteiger partial charge in [0.1, 0.15) is 23.7 Å². The molecule has 4 aromatic rings. The molecule has 1 unspecified atom stereocenters. The molecule has 3 aliphatic heterocycles. The monoisotopic (exact) mass is 776 g/mol. The number of hydrogen-bond acceptors (Lipinski definition) is 11. The van der Waals surface area contributed by atoms with Gasteiger partial charge in [-0.25, -0.2) is 14.6 Å². The van der Waals surface area contributed by atoms with Crippen LogP contribution in [0.4, 0.5) is 9.59 Å². The van der Waals surface area contributed by atoms with Gasteiger partial charge in [0.25, 0.3) is 0 Å². The van der Waals surface area contributed by atoms with Gasteiger partial charge in [-0.1, -0.05) is 27.7 Å². The van der Waals surface area contributed by atoms with E-state index in [1.165, 1.54) is 33.9 Å². The SMILES string of the molecule is COC(=O)N[C@H](C(=O)N1CCC[C@H]1C1=NCC(c2cc3cc4sc(-c5cnc([C@@H]6CCCN6C(=O)[C@@H](NC(=O)OC)C(C)C)[nH]5)cc4cc3s2)N1)C(C)C. The summed E-state index contributed by atoms with van der Waals surface area (Å²) in [7, 11) is 2.59. The third-order valence-corrected chi connectivity index (χ3v) is 13.0. The van der Waals surface area contributed by atoms with Crippen molar-refractivity contribution in [2.45, 2.75) is 83.6 Å². The molecule has 2 fully saturated rings. The van der Waals surface area contributed by atoms with Crippen LogP contribution in [0.2, 0.25) is 0 Å². The van der Waals surface area contributed by atoms with Gasteiger partial charge >= 0.3 is 12.2 Å². The van der Waals surface area contributed by atoms with E-state index in [1.54, 1.807) is 22.7 Å². The molecule has 5 atom stereocenters. The highest BCUT2D eigenvalue weighted by molar-refractivity contribution is 7.23. The van der Waals surface area contributed by atoms with Gasteiger partial charge in [0, 0.05) is 27.4 Å². The number of alkyl carbamates (subject to hydrolysis) is 2. The number of H-pyrrole nitrogens is 1. The van der Waals surface area contributed by atoms with E-state index in [2.05, 4.69) is 45.2 Å². The number of ether oxygens (including phenoxy) is 2. The van der Waals surface area contributed by atoms with Crippen molar-refractivity contribution in [3.63, 3.8) is 0 Å². The number of nitrogens with one attached hydrogen (secondary N) is 4. The Bertz CT molecular complexity index is 2040. The first-order chi connectivity index (χ1) is 25.9. The quantitative estimate of drug-likeness (QED) is 0.153. The zero-order chi connectivity index (χ0) is 38.3. The van der Waals surface area contributed by atoms with Crippen molar-refractivity contribution < 1.29 is 28.7 Å². The van der Waals surface area contributed by atoms with E-state index in [4.69, 9.17) is 19.5 Å². The van der Waals surface area contributed by atoms with E-state index < -0.39 is 24.3 Å². The van der Waals surface area contributed by atoms with Crippen LogP contribution in [0, 0.1) is 11.8 Å². The molecule has 1 aromatic carbocycles. The van der Waals surface area contributed by atoms with Crippen LogP contribution >= 0.6 is 22.7 Å². The Labute approximate surface area is 322 Å². The van der Waals surface area contributed by atoms with Crippen molar-refractivity contribution in [2.75, 3.05) is 33.9 Å². The zero-order valence-electron chi connectivity index (χ0n) is 31.4. The molecule has 0 saturated carbocycles. The van der Waals surface area contributed by atoms with E-state index in [0.717, 1.165) is 53.3 Å². The van der Waals surface area contributed by atoms with Gasteiger partial charge in [0.05, 0.1) is 55.7 Å². The number of imidazole rings is 1. The average molecular weight is 777 g/mol. The molecule has 4 amide bonds. The van der Waals surface area contributed by atoms with E-state index >= 15 is 0 Å². The fourth-order valence-electron chi connectivity index (χ4n) is 7.74. The lowest BCUT2D eigenvalue weighted by atomic mass is 10.0. The second-order valence-electron chi connectivity index (χ2n) is 14.9. The number of aromatic nitrogens is 2. The fourth-order valence-corrected chi connectivity index (χ4v) is 9.93. The number of amides is 4. The number of carbonyl (C=O) groups is 4. The summed E-state index contributed by atoms with van der Waals surface area (Å²) in [6.07, 6.45) is 3.95. The molecule has 3 aromatic heterocycles. The van der Waals surface area contributed by atoms with Crippen LogP contribution in [-0.4, -0.2) is 102 Å². The minimum atomic E-state index is -0.683. The van der Waals surface area contributed by atoms with E-state index in [9.17, 15) is 19.2 Å². The van der Waals surface area contributed by atoms with Gasteiger partial charge in [-0.05, 0) is 72.6 Å². The van der Waals surface area contributed by atoms with Crippen LogP contribution in [-0.2, 0) is 19.1 Å². The second kappa shape index (κ2) is 15.6. The number of fused-ring (bicyclic) bond motifs is 2. The first kappa shape index (κ1) is 37.6. The lowest BCUT2D eigenvalue weighted by molar-refractivity contribution is -0.135. The van der Waals surface area contributed by atoms with Crippen molar-refractivity contribution in [1.82, 2.24) is 35.7 Å². The van der Waals surface area contributed by atoms with Crippen LogP contribution in [0.25, 0.3) is 30.7 Å². The van der Waals surface area contributed by atoms with Crippen molar-refractivity contribution in [3.05, 3.63) is 41.2 Å². The maximum absolute atomic E-state index is 13.6. The van der Waals surface area contributed by atoms with Gasteiger partial charge < -0.3 is 40.2 Å². The molecule has 0 spiro atoms. The predicted molar refractivity (Wildman–Crippen MR) is 210 cm³/mol. The zero-order valence-corrected chi connectivity index (χ0v) is 33.1. The summed E-state index contributed by atoms with van der Waals surface area (Å²) in [4.78, 5) is 70.2. The Morgan fingerprint density at radius 1 is 0.815 bits per heavy atom. The number of methoxy groups -OCH3 is 2. The first-order valence-electron chi connectivity index (χ1n) is 18.6. The predicted octanol–water partition coefficient (Wildman–Crippen LogP) is 5.96. The highest BCUT2D eigenvalue weighted by Crippen LogP contribution is 2.40. The lowest BCUT2D eigenvalue weighted by Crippen LogP contribution is -2.54. The highest BCUT2D eigenvalue weighted by atomic mass is 32.1. The van der Waals surface area contributed by atoms with Crippen molar-refractivity contribution in [1.29, 1.82) is 0 Å². The molecule has 54 heavy (non-hydrogen) atoms. The van der Waals surface area contributed by atoms with Gasteiger partial charge in [0.15, 0.2) is 0 Å². The smallest absolute Gasteiger partial charge is 0.407 e. The third-order valence-electron chi connectivity index (χ3n) is 10.6. The average Bonchev–Trinajstić information content (AvgIpc) is 4.00. The summed E-state index contributed by atoms with van der Waals surface area (Å²) in [6.45, 7) is 9.46. The van der Waals surface area contributed by atoms with Crippen LogP contribution in [0.5, 0.6) is 0 Å². The summed E-state index contributed by atoms with van der Waals surface area (Å²) >= 11 is 3.45. The summed E-state index contributed by atoms with van der Waals surface area (Å²) in [5.74, 6) is 1.14. The Balaban J connectivity index is 1.03. The standard InChI is InChI=1S/C38H48N8O6S2/c1-19(2)31(43-37(49)51-5)35(47)45-11-7-9-25(45)33-39-17-23(41-33)29-15-21-13-28-22(14-27(21)53-29)16-30(54-28)24-18-40-34(42-24)26-10-8-12-46(26)36(48)32(20(3)4)44-38(50)52-6/h13-17,19-20,24-26,31-32H,7-12,18H2,1-6H3,(H,39,41)(H,40,42)(H,43,49)(H,44,50)/t24?,25-,26-,31-,32-/m0/s1. The van der Waals surface area contributed by atoms with Gasteiger partial charge in [-0.15, -0.1) is 22.7 Å². The van der Waals surface area contributed by atoms with Crippen LogP contribution in [0.15, 0.2) is 35.5 Å². The topological polar surface area (TPSA) is 170 Å². The number of hydrogen-bond donors (Lipinski definition) is 4. The summed E-state index contributed by atoms with van der Waals surface area (Å²) in [6, 6.07) is 7.22. The maximum Gasteiger partial charge on any atom is 0.407 e. The summed E-state index contributed by atoms with van der Waals surface area (Å²) in [5.41, 5.74) is 0.905. The lowest BCUT2D eigenvalue weighted by Gasteiger charge is -2.31. The van der Waals surface area contributed by atoms with Crippen LogP contribution < -0.4 is 16.0 Å². The molecule has 6 heterocycles. The number of benzene rings is 1. The number of aliphatic imine (C=N–C) groups is 1. The number of likely N-dealkylation sites (tertiary alicyclic amines) is 2. The molecule has 14 nitrogen and oxygen atoms in total. The number of carbonyl (C=O) groups excluding carboxylic acids is 4. The van der Waals surface area contributed by atoms with Gasteiger partial charge in [0.2, 0.25) is 11.8 Å². The molecule has 0 bridgehead atoms. The Morgan fingerprint density at radius 3 is 2.00 bits per heavy atom. The summed E-state index contributed by atoms with van der Waals surface area (Å²) < 4.78 is 11.9. The number of rotatable bonds is 10. The molecule has 3 aliphatic rings. The van der Waals surface area contributed by atoms with Gasteiger partial charge in [-0.3, -0.25) is 14.6 Å². The van der Waals surface area contributed by atoms with Crippen molar-refractivity contribution >= 4 is 72.7 Å². The number of aromatic amines is 1. The minimum Gasteiger partial charge on any atom is -0.453 e. The number of nitrogens with zero attached hydrogens (tertiary/aromatic N) is 4. The fraction of sp³-hybridized carbons (Fsp3) is 0.526. The largest absolute Gasteiger partial charge is 0.453 e. The van der Waals surface area contributed by atoms with Crippen molar-refractivity contribution in [3.8, 4) is 10.6 Å². The molecular formula is C38H48N8O6S2. The van der Waals surface area contributed by atoms with Gasteiger partial charge in [-0.2, -0.15) is 0 Å². The highest BCUT2D eigenvalue weighted by Gasteiger charge is 2.40. The molecular weight excluding hydrogens is 729 g/mol. The number of amidine groups is 1. The first-order valence-corrected chi connectivity index (χ1v) is 20.2. The third kappa shape index (κ3) is 7.37. The van der Waals surface area contributed by atoms with E-state index in [-0.39, 0.29) is 41.8 Å². The molecule has 2 saturated heterocycles. The number of thiophene rings is 2. The normalized spacial score (nSPS) is 21.1. The Morgan fingerprint density at radius 2 is 1.39 bits per heavy atom. The maximum atomic E-state index is 13.6. The Kier molecular flexibility index (Phi) is 10.8. The molecule has 0 radical (unpaired) electrons. The second-order valence-corrected chi connectivity index (χ2v) is 17.1. The van der Waals surface area contributed by atoms with Crippen molar-refractivity contribution in [2.24, 2.45) is 16.8 Å². The molecule has 0 aliphatic carbocycles. The molecule has 16 heteroatoms. The van der Waals surface area contributed by atoms with E-state index in [0.29, 0.717) is 19.6 Å². The molecule has 288 valence electrons. The van der Waals surface area contributed by atoms with E-state index in [1.807, 2.05) is 43.7 Å². The molecule has 7 rings (SSSR count). The Hall–Kier alpha value is -4.70. The van der Waals surface area contributed by atoms with Crippen LogP contribution in [0.3, 0.4) is 0 Å². The summed E-state index contributed by atoms with van der Waals surface area (Å²) in [5, 5.41) is 11.4.